The van der Waals surface area contributed by atoms with Gasteiger partial charge in [-0.1, -0.05) is 6.92 Å². The number of aryl methyl sites for hydroxylation is 1. The molecule has 2 fully saturated rings. The Morgan fingerprint density at radius 3 is 2.71 bits per heavy atom. The van der Waals surface area contributed by atoms with Gasteiger partial charge in [-0.25, -0.2) is 0 Å². The average Bonchev–Trinajstić information content (AvgIpc) is 3.23. The Morgan fingerprint density at radius 2 is 2.05 bits per heavy atom. The van der Waals surface area contributed by atoms with Crippen LogP contribution in [-0.4, -0.2) is 41.1 Å². The van der Waals surface area contributed by atoms with E-state index in [9.17, 15) is 4.79 Å². The minimum Gasteiger partial charge on any atom is -0.344 e. The Bertz CT molecular complexity index is 470. The van der Waals surface area contributed by atoms with Crippen LogP contribution < -0.4 is 5.32 Å². The molecule has 0 spiro atoms. The molecule has 4 heteroatoms. The van der Waals surface area contributed by atoms with Crippen LogP contribution in [0, 0.1) is 5.92 Å². The summed E-state index contributed by atoms with van der Waals surface area (Å²) in [5.74, 6) is 1.14. The zero-order valence-corrected chi connectivity index (χ0v) is 13.1. The molecule has 21 heavy (non-hydrogen) atoms. The summed E-state index contributed by atoms with van der Waals surface area (Å²) in [6.45, 7) is 6.02. The fourth-order valence-corrected chi connectivity index (χ4v) is 3.15. The number of amides is 1. The number of nitrogens with zero attached hydrogens (tertiary/aromatic N) is 2. The normalized spacial score (nSPS) is 20.0. The van der Waals surface area contributed by atoms with Crippen LogP contribution in [0.5, 0.6) is 0 Å². The molecular formula is C17H27N3O. The fourth-order valence-electron chi connectivity index (χ4n) is 3.15. The Hall–Kier alpha value is -1.29. The van der Waals surface area contributed by atoms with Gasteiger partial charge in [-0.2, -0.15) is 0 Å². The highest BCUT2D eigenvalue weighted by molar-refractivity contribution is 5.92. The van der Waals surface area contributed by atoms with Crippen LogP contribution in [-0.2, 0) is 6.54 Å². The van der Waals surface area contributed by atoms with Crippen molar-refractivity contribution < 1.29 is 4.79 Å². The van der Waals surface area contributed by atoms with Gasteiger partial charge in [-0.15, -0.1) is 0 Å². The SMILES string of the molecule is CCCn1cccc1C(=O)N1CCC(NCC2CC2)CC1. The first kappa shape index (κ1) is 14.6. The summed E-state index contributed by atoms with van der Waals surface area (Å²) >= 11 is 0. The Labute approximate surface area is 127 Å². The average molecular weight is 289 g/mol. The molecule has 1 N–H and O–H groups in total. The van der Waals surface area contributed by atoms with Crippen LogP contribution in [0.3, 0.4) is 0 Å². The van der Waals surface area contributed by atoms with Crippen molar-refractivity contribution in [2.24, 2.45) is 5.92 Å². The van der Waals surface area contributed by atoms with E-state index in [-0.39, 0.29) is 5.91 Å². The third-order valence-corrected chi connectivity index (χ3v) is 4.69. The number of nitrogens with one attached hydrogen (secondary N) is 1. The van der Waals surface area contributed by atoms with Crippen molar-refractivity contribution in [1.82, 2.24) is 14.8 Å². The lowest BCUT2D eigenvalue weighted by Crippen LogP contribution is -2.45. The number of hydrogen-bond donors (Lipinski definition) is 1. The van der Waals surface area contributed by atoms with Crippen molar-refractivity contribution in [3.63, 3.8) is 0 Å². The molecule has 0 unspecified atom stereocenters. The quantitative estimate of drug-likeness (QED) is 0.873. The van der Waals surface area contributed by atoms with Gasteiger partial charge in [-0.05, 0) is 56.7 Å². The number of likely N-dealkylation sites (tertiary alicyclic amines) is 1. The highest BCUT2D eigenvalue weighted by Crippen LogP contribution is 2.28. The summed E-state index contributed by atoms with van der Waals surface area (Å²) in [6, 6.07) is 4.54. The molecule has 3 rings (SSSR count). The topological polar surface area (TPSA) is 37.3 Å². The number of rotatable bonds is 6. The van der Waals surface area contributed by atoms with E-state index < -0.39 is 0 Å². The minimum atomic E-state index is 0.203. The summed E-state index contributed by atoms with van der Waals surface area (Å²) in [5, 5.41) is 3.67. The van der Waals surface area contributed by atoms with Crippen LogP contribution in [0.1, 0.15) is 49.5 Å². The molecule has 1 aliphatic carbocycles. The van der Waals surface area contributed by atoms with Crippen molar-refractivity contribution in [1.29, 1.82) is 0 Å². The van der Waals surface area contributed by atoms with Crippen molar-refractivity contribution in [2.45, 2.75) is 51.6 Å². The van der Waals surface area contributed by atoms with Gasteiger partial charge in [0.25, 0.3) is 5.91 Å². The van der Waals surface area contributed by atoms with E-state index in [1.165, 1.54) is 19.4 Å². The van der Waals surface area contributed by atoms with E-state index in [1.54, 1.807) is 0 Å². The summed E-state index contributed by atoms with van der Waals surface area (Å²) in [4.78, 5) is 14.6. The first-order valence-electron chi connectivity index (χ1n) is 8.45. The molecule has 1 aromatic rings. The van der Waals surface area contributed by atoms with Crippen molar-refractivity contribution in [3.05, 3.63) is 24.0 Å². The zero-order chi connectivity index (χ0) is 14.7. The highest BCUT2D eigenvalue weighted by atomic mass is 16.2. The molecule has 0 atom stereocenters. The zero-order valence-electron chi connectivity index (χ0n) is 13.1. The summed E-state index contributed by atoms with van der Waals surface area (Å²) in [5.41, 5.74) is 0.848. The number of aromatic nitrogens is 1. The van der Waals surface area contributed by atoms with E-state index >= 15 is 0 Å². The molecular weight excluding hydrogens is 262 g/mol. The molecule has 0 radical (unpaired) electrons. The lowest BCUT2D eigenvalue weighted by Gasteiger charge is -2.32. The summed E-state index contributed by atoms with van der Waals surface area (Å²) in [6.07, 6.45) is 8.06. The molecule has 1 saturated carbocycles. The highest BCUT2D eigenvalue weighted by Gasteiger charge is 2.27. The second-order valence-corrected chi connectivity index (χ2v) is 6.50. The molecule has 1 saturated heterocycles. The van der Waals surface area contributed by atoms with Gasteiger partial charge >= 0.3 is 0 Å². The molecule has 116 valence electrons. The molecule has 0 aromatic carbocycles. The van der Waals surface area contributed by atoms with Gasteiger partial charge in [0.05, 0.1) is 0 Å². The molecule has 2 heterocycles. The number of hydrogen-bond acceptors (Lipinski definition) is 2. The van der Waals surface area contributed by atoms with Gasteiger partial charge in [0.2, 0.25) is 0 Å². The van der Waals surface area contributed by atoms with Gasteiger partial charge in [0.1, 0.15) is 5.69 Å². The Kier molecular flexibility index (Phi) is 4.63. The number of piperidine rings is 1. The largest absolute Gasteiger partial charge is 0.344 e. The van der Waals surface area contributed by atoms with Crippen molar-refractivity contribution in [2.75, 3.05) is 19.6 Å². The van der Waals surface area contributed by atoms with E-state index in [0.29, 0.717) is 6.04 Å². The van der Waals surface area contributed by atoms with Crippen LogP contribution in [0.2, 0.25) is 0 Å². The number of carbonyl (C=O) groups excluding carboxylic acids is 1. The van der Waals surface area contributed by atoms with E-state index in [2.05, 4.69) is 16.8 Å². The minimum absolute atomic E-state index is 0.203. The maximum absolute atomic E-state index is 12.6. The van der Waals surface area contributed by atoms with Crippen molar-refractivity contribution >= 4 is 5.91 Å². The molecule has 1 amide bonds. The Balaban J connectivity index is 1.50. The van der Waals surface area contributed by atoms with Gasteiger partial charge < -0.3 is 14.8 Å². The fraction of sp³-hybridized carbons (Fsp3) is 0.706. The van der Waals surface area contributed by atoms with Crippen LogP contribution in [0.4, 0.5) is 0 Å². The maximum Gasteiger partial charge on any atom is 0.270 e. The summed E-state index contributed by atoms with van der Waals surface area (Å²) < 4.78 is 2.08. The van der Waals surface area contributed by atoms with Crippen LogP contribution in [0.25, 0.3) is 0 Å². The summed E-state index contributed by atoms with van der Waals surface area (Å²) in [7, 11) is 0. The molecule has 1 aliphatic heterocycles. The van der Waals surface area contributed by atoms with Crippen molar-refractivity contribution in [3.8, 4) is 0 Å². The smallest absolute Gasteiger partial charge is 0.270 e. The second-order valence-electron chi connectivity index (χ2n) is 6.50. The molecule has 0 bridgehead atoms. The maximum atomic E-state index is 12.6. The third kappa shape index (κ3) is 3.67. The van der Waals surface area contributed by atoms with Crippen LogP contribution in [0.15, 0.2) is 18.3 Å². The van der Waals surface area contributed by atoms with Crippen LogP contribution >= 0.6 is 0 Å². The molecule has 2 aliphatic rings. The lowest BCUT2D eigenvalue weighted by atomic mass is 10.0. The van der Waals surface area contributed by atoms with E-state index in [4.69, 9.17) is 0 Å². The molecule has 4 nitrogen and oxygen atoms in total. The number of carbonyl (C=O) groups is 1. The second kappa shape index (κ2) is 6.65. The standard InChI is InChI=1S/C17H27N3O/c1-2-9-19-10-3-4-16(19)17(21)20-11-7-15(8-12-20)18-13-14-5-6-14/h3-4,10,14-15,18H,2,5-9,11-13H2,1H3. The Morgan fingerprint density at radius 1 is 1.29 bits per heavy atom. The first-order chi connectivity index (χ1) is 10.3. The van der Waals surface area contributed by atoms with Gasteiger partial charge in [0.15, 0.2) is 0 Å². The van der Waals surface area contributed by atoms with Gasteiger partial charge in [-0.3, -0.25) is 4.79 Å². The lowest BCUT2D eigenvalue weighted by molar-refractivity contribution is 0.0694. The molecule has 1 aromatic heterocycles. The predicted molar refractivity (Wildman–Crippen MR) is 84.4 cm³/mol. The third-order valence-electron chi connectivity index (χ3n) is 4.69. The van der Waals surface area contributed by atoms with E-state index in [0.717, 1.165) is 50.5 Å². The van der Waals surface area contributed by atoms with Gasteiger partial charge in [0, 0.05) is 31.9 Å². The first-order valence-corrected chi connectivity index (χ1v) is 8.45. The predicted octanol–water partition coefficient (Wildman–Crippen LogP) is 2.50. The van der Waals surface area contributed by atoms with E-state index in [1.807, 2.05) is 23.2 Å². The monoisotopic (exact) mass is 289 g/mol.